The summed E-state index contributed by atoms with van der Waals surface area (Å²) in [5.41, 5.74) is 0.876. The Kier molecular flexibility index (Phi) is 3.61. The third-order valence-corrected chi connectivity index (χ3v) is 3.97. The minimum absolute atomic E-state index is 0.0121. The van der Waals surface area contributed by atoms with Gasteiger partial charge in [0.1, 0.15) is 11.9 Å². The quantitative estimate of drug-likeness (QED) is 0.793. The van der Waals surface area contributed by atoms with Gasteiger partial charge in [0.25, 0.3) is 9.05 Å². The minimum atomic E-state index is -3.71. The van der Waals surface area contributed by atoms with E-state index >= 15 is 0 Å². The molecule has 17 heavy (non-hydrogen) atoms. The Morgan fingerprint density at radius 3 is 2.82 bits per heavy atom. The van der Waals surface area contributed by atoms with Crippen molar-refractivity contribution in [2.75, 3.05) is 13.2 Å². The molecule has 1 aliphatic heterocycles. The second-order valence-corrected chi connectivity index (χ2v) is 6.53. The Bertz CT molecular complexity index is 506. The molecule has 2 rings (SSSR count). The van der Waals surface area contributed by atoms with E-state index in [1.807, 2.05) is 6.92 Å². The molecule has 1 heterocycles. The van der Waals surface area contributed by atoms with Crippen molar-refractivity contribution in [2.45, 2.75) is 24.3 Å². The lowest BCUT2D eigenvalue weighted by molar-refractivity contribution is 0.140. The first-order valence-electron chi connectivity index (χ1n) is 5.26. The topological polar surface area (TPSA) is 52.6 Å². The van der Waals surface area contributed by atoms with Crippen LogP contribution in [0.1, 0.15) is 12.0 Å². The van der Waals surface area contributed by atoms with E-state index in [0.29, 0.717) is 19.0 Å². The summed E-state index contributed by atoms with van der Waals surface area (Å²) in [7, 11) is 1.58. The van der Waals surface area contributed by atoms with Crippen molar-refractivity contribution in [2.24, 2.45) is 0 Å². The second kappa shape index (κ2) is 4.84. The fourth-order valence-electron chi connectivity index (χ4n) is 1.64. The maximum atomic E-state index is 11.2. The zero-order valence-electron chi connectivity index (χ0n) is 9.35. The monoisotopic (exact) mass is 276 g/mol. The highest BCUT2D eigenvalue weighted by Gasteiger charge is 2.19. The summed E-state index contributed by atoms with van der Waals surface area (Å²) >= 11 is 0. The van der Waals surface area contributed by atoms with Gasteiger partial charge in [0.2, 0.25) is 0 Å². The van der Waals surface area contributed by atoms with E-state index in [0.717, 1.165) is 12.0 Å². The van der Waals surface area contributed by atoms with Crippen LogP contribution in [0.2, 0.25) is 0 Å². The van der Waals surface area contributed by atoms with Gasteiger partial charge in [-0.3, -0.25) is 0 Å². The van der Waals surface area contributed by atoms with Crippen molar-refractivity contribution in [3.05, 3.63) is 23.8 Å². The molecule has 0 aromatic heterocycles. The van der Waals surface area contributed by atoms with Crippen molar-refractivity contribution in [1.29, 1.82) is 0 Å². The first-order chi connectivity index (χ1) is 7.97. The zero-order valence-corrected chi connectivity index (χ0v) is 10.9. The molecule has 0 amide bonds. The Morgan fingerprint density at radius 2 is 2.24 bits per heavy atom. The molecular formula is C11H13ClO4S. The van der Waals surface area contributed by atoms with Crippen molar-refractivity contribution >= 4 is 19.7 Å². The summed E-state index contributed by atoms with van der Waals surface area (Å²) in [4.78, 5) is 0.0543. The van der Waals surface area contributed by atoms with Crippen molar-refractivity contribution in [1.82, 2.24) is 0 Å². The summed E-state index contributed by atoms with van der Waals surface area (Å²) in [6, 6.07) is 4.60. The first-order valence-corrected chi connectivity index (χ1v) is 7.57. The molecule has 6 heteroatoms. The summed E-state index contributed by atoms with van der Waals surface area (Å²) in [6.45, 7) is 3.07. The average molecular weight is 277 g/mol. The fraction of sp³-hybridized carbons (Fsp3) is 0.455. The van der Waals surface area contributed by atoms with Gasteiger partial charge in [-0.1, -0.05) is 6.07 Å². The van der Waals surface area contributed by atoms with Crippen molar-refractivity contribution in [3.8, 4) is 5.75 Å². The molecule has 1 aliphatic rings. The molecule has 0 bridgehead atoms. The summed E-state index contributed by atoms with van der Waals surface area (Å²) in [6.07, 6.45) is 0.805. The Labute approximate surface area is 105 Å². The minimum Gasteiger partial charge on any atom is -0.488 e. The molecule has 0 aliphatic carbocycles. The first kappa shape index (κ1) is 12.7. The maximum Gasteiger partial charge on any atom is 0.261 e. The van der Waals surface area contributed by atoms with E-state index in [9.17, 15) is 8.42 Å². The molecule has 1 aromatic rings. The van der Waals surface area contributed by atoms with Gasteiger partial charge >= 0.3 is 0 Å². The van der Waals surface area contributed by atoms with Gasteiger partial charge in [0.05, 0.1) is 18.1 Å². The van der Waals surface area contributed by atoms with E-state index in [1.165, 1.54) is 12.1 Å². The fourth-order valence-corrected chi connectivity index (χ4v) is 2.41. The Hall–Kier alpha value is -0.780. The van der Waals surface area contributed by atoms with Gasteiger partial charge < -0.3 is 9.47 Å². The van der Waals surface area contributed by atoms with Crippen LogP contribution in [0.15, 0.2) is 23.1 Å². The molecule has 0 saturated carbocycles. The van der Waals surface area contributed by atoms with Crippen LogP contribution in [-0.2, 0) is 13.8 Å². The molecule has 4 nitrogen and oxygen atoms in total. The lowest BCUT2D eigenvalue weighted by atomic mass is 10.2. The van der Waals surface area contributed by atoms with Crippen LogP contribution in [-0.4, -0.2) is 27.7 Å². The number of aryl methyl sites for hydroxylation is 1. The summed E-state index contributed by atoms with van der Waals surface area (Å²) in [5, 5.41) is 0. The van der Waals surface area contributed by atoms with E-state index in [2.05, 4.69) is 0 Å². The molecular weight excluding hydrogens is 264 g/mol. The largest absolute Gasteiger partial charge is 0.488 e. The molecule has 0 radical (unpaired) electrons. The number of halogens is 1. The van der Waals surface area contributed by atoms with Crippen LogP contribution >= 0.6 is 10.7 Å². The predicted molar refractivity (Wildman–Crippen MR) is 64.1 cm³/mol. The predicted octanol–water partition coefficient (Wildman–Crippen LogP) is 2.09. The summed E-state index contributed by atoms with van der Waals surface area (Å²) in [5.74, 6) is 0.544. The highest BCUT2D eigenvalue weighted by Crippen LogP contribution is 2.26. The van der Waals surface area contributed by atoms with Crippen LogP contribution in [0.5, 0.6) is 5.75 Å². The lowest BCUT2D eigenvalue weighted by Gasteiger charge is -2.14. The molecule has 1 fully saturated rings. The van der Waals surface area contributed by atoms with Gasteiger partial charge in [0, 0.05) is 23.2 Å². The Balaban J connectivity index is 2.26. The van der Waals surface area contributed by atoms with E-state index in [1.54, 1.807) is 6.07 Å². The van der Waals surface area contributed by atoms with E-state index < -0.39 is 9.05 Å². The van der Waals surface area contributed by atoms with Gasteiger partial charge in [-0.25, -0.2) is 8.42 Å². The third-order valence-electron chi connectivity index (χ3n) is 2.62. The maximum absolute atomic E-state index is 11.2. The van der Waals surface area contributed by atoms with Gasteiger partial charge in [0.15, 0.2) is 0 Å². The smallest absolute Gasteiger partial charge is 0.261 e. The second-order valence-electron chi connectivity index (χ2n) is 3.97. The number of ether oxygens (including phenoxy) is 2. The SMILES string of the molecule is Cc1ccc(S(=O)(=O)Cl)cc1OC1CCOC1. The lowest BCUT2D eigenvalue weighted by Crippen LogP contribution is -2.16. The van der Waals surface area contributed by atoms with Crippen LogP contribution in [0.25, 0.3) is 0 Å². The molecule has 1 atom stereocenters. The van der Waals surface area contributed by atoms with Crippen molar-refractivity contribution < 1.29 is 17.9 Å². The van der Waals surface area contributed by atoms with Crippen LogP contribution in [0.4, 0.5) is 0 Å². The Morgan fingerprint density at radius 1 is 1.47 bits per heavy atom. The van der Waals surface area contributed by atoms with Gasteiger partial charge in [-0.05, 0) is 18.6 Å². The van der Waals surface area contributed by atoms with Crippen LogP contribution < -0.4 is 4.74 Å². The number of rotatable bonds is 3. The van der Waals surface area contributed by atoms with Gasteiger partial charge in [-0.2, -0.15) is 0 Å². The number of benzene rings is 1. The number of hydrogen-bond acceptors (Lipinski definition) is 4. The van der Waals surface area contributed by atoms with E-state index in [4.69, 9.17) is 20.2 Å². The molecule has 94 valence electrons. The number of hydrogen-bond donors (Lipinski definition) is 0. The third kappa shape index (κ3) is 3.12. The standard InChI is InChI=1S/C11H13ClO4S/c1-8-2-3-10(17(12,13)14)6-11(8)16-9-4-5-15-7-9/h2-3,6,9H,4-5,7H2,1H3. The van der Waals surface area contributed by atoms with Crippen LogP contribution in [0.3, 0.4) is 0 Å². The molecule has 0 spiro atoms. The van der Waals surface area contributed by atoms with Crippen molar-refractivity contribution in [3.63, 3.8) is 0 Å². The highest BCUT2D eigenvalue weighted by atomic mass is 35.7. The van der Waals surface area contributed by atoms with E-state index in [-0.39, 0.29) is 11.0 Å². The molecule has 0 N–H and O–H groups in total. The molecule has 1 aromatic carbocycles. The zero-order chi connectivity index (χ0) is 12.5. The molecule has 1 unspecified atom stereocenters. The summed E-state index contributed by atoms with van der Waals surface area (Å²) < 4.78 is 33.3. The average Bonchev–Trinajstić information content (AvgIpc) is 2.72. The van der Waals surface area contributed by atoms with Crippen LogP contribution in [0, 0.1) is 6.92 Å². The highest BCUT2D eigenvalue weighted by molar-refractivity contribution is 8.13. The normalized spacial score (nSPS) is 20.5. The van der Waals surface area contributed by atoms with Gasteiger partial charge in [-0.15, -0.1) is 0 Å². The molecule has 1 saturated heterocycles.